The zero-order valence-electron chi connectivity index (χ0n) is 11.2. The number of methoxy groups -OCH3 is 1. The molecule has 0 aliphatic rings. The number of ketones is 1. The topological polar surface area (TPSA) is 26.3 Å². The van der Waals surface area contributed by atoms with Gasteiger partial charge in [-0.15, -0.1) is 0 Å². The molecule has 0 spiro atoms. The van der Waals surface area contributed by atoms with Crippen LogP contribution in [0.2, 0.25) is 0 Å². The van der Waals surface area contributed by atoms with E-state index in [2.05, 4.69) is 0 Å². The molecule has 0 aromatic heterocycles. The second-order valence-corrected chi connectivity index (χ2v) is 4.59. The summed E-state index contributed by atoms with van der Waals surface area (Å²) < 4.78 is 42.8. The van der Waals surface area contributed by atoms with Crippen LogP contribution < -0.4 is 0 Å². The van der Waals surface area contributed by atoms with E-state index in [1.54, 1.807) is 13.8 Å². The van der Waals surface area contributed by atoms with Crippen LogP contribution in [0.3, 0.4) is 0 Å². The van der Waals surface area contributed by atoms with Gasteiger partial charge >= 0.3 is 6.18 Å². The van der Waals surface area contributed by atoms with Gasteiger partial charge in [0.1, 0.15) is 5.60 Å². The van der Waals surface area contributed by atoms with Crippen LogP contribution in [-0.4, -0.2) is 18.5 Å². The molecule has 2 nitrogen and oxygen atoms in total. The number of alkyl halides is 3. The maximum Gasteiger partial charge on any atom is 0.416 e. The highest BCUT2D eigenvalue weighted by Gasteiger charge is 2.32. The number of carbonyl (C=O) groups excluding carboxylic acids is 1. The number of rotatable bonds is 5. The summed E-state index contributed by atoms with van der Waals surface area (Å²) in [6.07, 6.45) is -3.99. The van der Waals surface area contributed by atoms with Crippen molar-refractivity contribution in [3.05, 3.63) is 35.4 Å². The first-order chi connectivity index (χ1) is 8.73. The van der Waals surface area contributed by atoms with Gasteiger partial charge < -0.3 is 4.74 Å². The molecule has 106 valence electrons. The number of hydrogen-bond donors (Lipinski definition) is 0. The van der Waals surface area contributed by atoms with Crippen LogP contribution in [0.15, 0.2) is 24.3 Å². The summed E-state index contributed by atoms with van der Waals surface area (Å²) in [5.74, 6) is -0.225. The fraction of sp³-hybridized carbons (Fsp3) is 0.500. The van der Waals surface area contributed by atoms with Crippen LogP contribution in [0, 0.1) is 0 Å². The molecule has 0 heterocycles. The van der Waals surface area contributed by atoms with E-state index in [1.165, 1.54) is 19.2 Å². The molecular formula is C14H17F3O2. The standard InChI is InChI=1S/C14H17F3O2/c1-4-13(2,19-3)12(18)9-10-6-5-7-11(8-10)14(15,16)17/h5-8H,4,9H2,1-3H3. The van der Waals surface area contributed by atoms with Gasteiger partial charge in [-0.2, -0.15) is 13.2 Å². The maximum absolute atomic E-state index is 12.6. The van der Waals surface area contributed by atoms with Gasteiger partial charge in [0.2, 0.25) is 0 Å². The Hall–Kier alpha value is -1.36. The Morgan fingerprint density at radius 3 is 2.42 bits per heavy atom. The first-order valence-corrected chi connectivity index (χ1v) is 5.97. The number of hydrogen-bond acceptors (Lipinski definition) is 2. The third-order valence-corrected chi connectivity index (χ3v) is 3.33. The monoisotopic (exact) mass is 274 g/mol. The van der Waals surface area contributed by atoms with E-state index >= 15 is 0 Å². The van der Waals surface area contributed by atoms with E-state index < -0.39 is 17.3 Å². The Kier molecular flexibility index (Phi) is 4.74. The molecule has 0 aliphatic carbocycles. The lowest BCUT2D eigenvalue weighted by molar-refractivity contribution is -0.139. The summed E-state index contributed by atoms with van der Waals surface area (Å²) in [5.41, 5.74) is -1.35. The largest absolute Gasteiger partial charge is 0.416 e. The normalized spacial score (nSPS) is 15.1. The first-order valence-electron chi connectivity index (χ1n) is 5.97. The molecular weight excluding hydrogens is 257 g/mol. The maximum atomic E-state index is 12.6. The van der Waals surface area contributed by atoms with Crippen molar-refractivity contribution in [3.63, 3.8) is 0 Å². The van der Waals surface area contributed by atoms with Crippen molar-refractivity contribution in [3.8, 4) is 0 Å². The van der Waals surface area contributed by atoms with Crippen molar-refractivity contribution >= 4 is 5.78 Å². The molecule has 0 amide bonds. The van der Waals surface area contributed by atoms with Crippen LogP contribution in [-0.2, 0) is 22.1 Å². The van der Waals surface area contributed by atoms with Gasteiger partial charge in [0.25, 0.3) is 0 Å². The summed E-state index contributed by atoms with van der Waals surface area (Å²) in [4.78, 5) is 12.1. The lowest BCUT2D eigenvalue weighted by Gasteiger charge is -2.25. The zero-order chi connectivity index (χ0) is 14.7. The lowest BCUT2D eigenvalue weighted by atomic mass is 9.92. The fourth-order valence-corrected chi connectivity index (χ4v) is 1.69. The zero-order valence-corrected chi connectivity index (χ0v) is 11.2. The molecule has 1 unspecified atom stereocenters. The minimum atomic E-state index is -4.39. The molecule has 5 heteroatoms. The summed E-state index contributed by atoms with van der Waals surface area (Å²) in [6, 6.07) is 4.81. The second-order valence-electron chi connectivity index (χ2n) is 4.59. The molecule has 0 aliphatic heterocycles. The van der Waals surface area contributed by atoms with E-state index in [1.807, 2.05) is 0 Å². The molecule has 0 saturated carbocycles. The van der Waals surface area contributed by atoms with E-state index in [0.29, 0.717) is 12.0 Å². The number of Topliss-reactive ketones (excluding diaryl/α,β-unsaturated/α-hetero) is 1. The minimum Gasteiger partial charge on any atom is -0.371 e. The average molecular weight is 274 g/mol. The molecule has 0 N–H and O–H groups in total. The molecule has 1 aromatic carbocycles. The van der Waals surface area contributed by atoms with Gasteiger partial charge in [0.15, 0.2) is 5.78 Å². The highest BCUT2D eigenvalue weighted by Crippen LogP contribution is 2.30. The fourth-order valence-electron chi connectivity index (χ4n) is 1.69. The molecule has 1 rings (SSSR count). The Morgan fingerprint density at radius 1 is 1.32 bits per heavy atom. The van der Waals surface area contributed by atoms with E-state index in [9.17, 15) is 18.0 Å². The third-order valence-electron chi connectivity index (χ3n) is 3.33. The molecule has 0 bridgehead atoms. The van der Waals surface area contributed by atoms with Gasteiger partial charge in [-0.1, -0.05) is 25.1 Å². The highest BCUT2D eigenvalue weighted by molar-refractivity contribution is 5.88. The highest BCUT2D eigenvalue weighted by atomic mass is 19.4. The molecule has 19 heavy (non-hydrogen) atoms. The molecule has 1 aromatic rings. The van der Waals surface area contributed by atoms with Crippen LogP contribution in [0.1, 0.15) is 31.4 Å². The minimum absolute atomic E-state index is 0.0674. The van der Waals surface area contributed by atoms with Crippen LogP contribution in [0.25, 0.3) is 0 Å². The molecule has 0 fully saturated rings. The van der Waals surface area contributed by atoms with Crippen molar-refractivity contribution in [2.75, 3.05) is 7.11 Å². The Labute approximate surface area is 110 Å². The van der Waals surface area contributed by atoms with Crippen LogP contribution in [0.5, 0.6) is 0 Å². The molecule has 0 saturated heterocycles. The average Bonchev–Trinajstić information content (AvgIpc) is 2.37. The number of ether oxygens (including phenoxy) is 1. The van der Waals surface area contributed by atoms with Gasteiger partial charge in [0, 0.05) is 13.5 Å². The van der Waals surface area contributed by atoms with Gasteiger partial charge in [-0.25, -0.2) is 0 Å². The van der Waals surface area contributed by atoms with E-state index in [4.69, 9.17) is 4.74 Å². The summed E-state index contributed by atoms with van der Waals surface area (Å²) in [5, 5.41) is 0. The van der Waals surface area contributed by atoms with Gasteiger partial charge in [-0.05, 0) is 25.0 Å². The van der Waals surface area contributed by atoms with Crippen molar-refractivity contribution < 1.29 is 22.7 Å². The smallest absolute Gasteiger partial charge is 0.371 e. The second kappa shape index (κ2) is 5.74. The number of carbonyl (C=O) groups is 1. The lowest BCUT2D eigenvalue weighted by Crippen LogP contribution is -2.37. The van der Waals surface area contributed by atoms with Gasteiger partial charge in [-0.3, -0.25) is 4.79 Å². The van der Waals surface area contributed by atoms with Gasteiger partial charge in [0.05, 0.1) is 5.56 Å². The van der Waals surface area contributed by atoms with Crippen molar-refractivity contribution in [1.82, 2.24) is 0 Å². The third kappa shape index (κ3) is 3.80. The van der Waals surface area contributed by atoms with Crippen LogP contribution >= 0.6 is 0 Å². The van der Waals surface area contributed by atoms with Crippen molar-refractivity contribution in [1.29, 1.82) is 0 Å². The number of benzene rings is 1. The predicted octanol–water partition coefficient (Wildman–Crippen LogP) is 3.63. The van der Waals surface area contributed by atoms with Crippen molar-refractivity contribution in [2.45, 2.75) is 38.5 Å². The molecule has 1 atom stereocenters. The quantitative estimate of drug-likeness (QED) is 0.819. The summed E-state index contributed by atoms with van der Waals surface area (Å²) in [6.45, 7) is 3.44. The summed E-state index contributed by atoms with van der Waals surface area (Å²) in [7, 11) is 1.42. The Morgan fingerprint density at radius 2 is 1.95 bits per heavy atom. The van der Waals surface area contributed by atoms with Crippen LogP contribution in [0.4, 0.5) is 13.2 Å². The van der Waals surface area contributed by atoms with E-state index in [0.717, 1.165) is 12.1 Å². The SMILES string of the molecule is CCC(C)(OC)C(=O)Cc1cccc(C(F)(F)F)c1. The predicted molar refractivity (Wildman–Crippen MR) is 65.9 cm³/mol. The van der Waals surface area contributed by atoms with E-state index in [-0.39, 0.29) is 12.2 Å². The Balaban J connectivity index is 2.92. The molecule has 0 radical (unpaired) electrons. The van der Waals surface area contributed by atoms with Crippen molar-refractivity contribution in [2.24, 2.45) is 0 Å². The number of halogens is 3. The summed E-state index contributed by atoms with van der Waals surface area (Å²) >= 11 is 0. The first kappa shape index (κ1) is 15.7. The Bertz CT molecular complexity index is 448.